The maximum Gasteiger partial charge on any atom is 0.340 e. The van der Waals surface area contributed by atoms with E-state index in [4.69, 9.17) is 4.74 Å². The van der Waals surface area contributed by atoms with Gasteiger partial charge >= 0.3 is 5.97 Å². The molecule has 156 valence electrons. The molecule has 3 rings (SSSR count). The highest BCUT2D eigenvalue weighted by Gasteiger charge is 2.23. The number of aryl methyl sites for hydroxylation is 1. The van der Waals surface area contributed by atoms with Crippen LogP contribution in [0.1, 0.15) is 69.9 Å². The van der Waals surface area contributed by atoms with Gasteiger partial charge in [-0.1, -0.05) is 24.3 Å². The van der Waals surface area contributed by atoms with Crippen LogP contribution in [0, 0.1) is 13.8 Å². The topological polar surface area (TPSA) is 74.4 Å². The molecule has 2 heterocycles. The molecule has 1 aliphatic rings. The summed E-state index contributed by atoms with van der Waals surface area (Å²) in [7, 11) is 0. The van der Waals surface area contributed by atoms with Crippen molar-refractivity contribution in [2.75, 3.05) is 13.1 Å². The van der Waals surface area contributed by atoms with Gasteiger partial charge in [-0.2, -0.15) is 0 Å². The fraction of sp³-hybridized carbons (Fsp3) is 0.478. The van der Waals surface area contributed by atoms with Crippen LogP contribution >= 0.6 is 0 Å². The van der Waals surface area contributed by atoms with Crippen molar-refractivity contribution < 1.29 is 14.3 Å². The summed E-state index contributed by atoms with van der Waals surface area (Å²) in [6.07, 6.45) is 2.37. The molecule has 1 saturated heterocycles. The minimum atomic E-state index is -0.404. The summed E-state index contributed by atoms with van der Waals surface area (Å²) in [4.78, 5) is 30.4. The monoisotopic (exact) mass is 397 g/mol. The standard InChI is InChI=1S/C23H31N3O3/c1-15(2)29-23(28)20-16(3)21(25-17(20)4)22(27)24-13-18-7-9-19(10-8-18)14-26-11-5-6-12-26/h7-10,15,25H,5-6,11-14H2,1-4H3,(H,24,27). The third-order valence-electron chi connectivity index (χ3n) is 5.29. The number of rotatable bonds is 7. The highest BCUT2D eigenvalue weighted by Crippen LogP contribution is 2.20. The van der Waals surface area contributed by atoms with Gasteiger partial charge in [0.2, 0.25) is 0 Å². The Bertz CT molecular complexity index is 862. The average Bonchev–Trinajstić information content (AvgIpc) is 3.27. The quantitative estimate of drug-likeness (QED) is 0.698. The lowest BCUT2D eigenvalue weighted by Crippen LogP contribution is -2.24. The number of benzene rings is 1. The van der Waals surface area contributed by atoms with Crippen molar-refractivity contribution in [3.8, 4) is 0 Å². The first-order valence-electron chi connectivity index (χ1n) is 10.3. The van der Waals surface area contributed by atoms with Crippen molar-refractivity contribution in [1.29, 1.82) is 0 Å². The van der Waals surface area contributed by atoms with E-state index in [0.29, 0.717) is 29.1 Å². The summed E-state index contributed by atoms with van der Waals surface area (Å²) in [5.74, 6) is -0.630. The number of carbonyl (C=O) groups is 2. The van der Waals surface area contributed by atoms with E-state index in [0.717, 1.165) is 12.1 Å². The molecule has 29 heavy (non-hydrogen) atoms. The number of nitrogens with zero attached hydrogens (tertiary/aromatic N) is 1. The minimum absolute atomic E-state index is 0.207. The fourth-order valence-electron chi connectivity index (χ4n) is 3.79. The normalized spacial score (nSPS) is 14.4. The molecule has 1 fully saturated rings. The van der Waals surface area contributed by atoms with Crippen LogP contribution in [-0.2, 0) is 17.8 Å². The molecule has 0 saturated carbocycles. The van der Waals surface area contributed by atoms with Gasteiger partial charge in [0.05, 0.1) is 11.7 Å². The van der Waals surface area contributed by atoms with E-state index < -0.39 is 5.97 Å². The van der Waals surface area contributed by atoms with Gasteiger partial charge < -0.3 is 15.0 Å². The number of hydrogen-bond donors (Lipinski definition) is 2. The molecular formula is C23H31N3O3. The molecule has 2 N–H and O–H groups in total. The summed E-state index contributed by atoms with van der Waals surface area (Å²) >= 11 is 0. The Morgan fingerprint density at radius 3 is 2.34 bits per heavy atom. The SMILES string of the molecule is Cc1[nH]c(C(=O)NCc2ccc(CN3CCCC3)cc2)c(C)c1C(=O)OC(C)C. The van der Waals surface area contributed by atoms with Gasteiger partial charge in [0.15, 0.2) is 0 Å². The van der Waals surface area contributed by atoms with Crippen LogP contribution in [0.25, 0.3) is 0 Å². The van der Waals surface area contributed by atoms with Gasteiger partial charge in [-0.25, -0.2) is 4.79 Å². The molecule has 0 unspecified atom stereocenters. The number of amides is 1. The number of carbonyl (C=O) groups excluding carboxylic acids is 2. The molecule has 6 heteroatoms. The molecule has 2 aromatic rings. The smallest absolute Gasteiger partial charge is 0.340 e. The molecule has 1 aromatic carbocycles. The van der Waals surface area contributed by atoms with Crippen molar-refractivity contribution in [2.24, 2.45) is 0 Å². The number of aromatic amines is 1. The Morgan fingerprint density at radius 1 is 1.10 bits per heavy atom. The number of ether oxygens (including phenoxy) is 1. The van der Waals surface area contributed by atoms with E-state index in [9.17, 15) is 9.59 Å². The zero-order valence-corrected chi connectivity index (χ0v) is 17.8. The van der Waals surface area contributed by atoms with Gasteiger partial charge in [-0.3, -0.25) is 9.69 Å². The Hall–Kier alpha value is -2.60. The van der Waals surface area contributed by atoms with E-state index in [2.05, 4.69) is 39.5 Å². The van der Waals surface area contributed by atoms with Gasteiger partial charge in [0.1, 0.15) is 5.69 Å². The second-order valence-corrected chi connectivity index (χ2v) is 8.06. The molecule has 0 bridgehead atoms. The summed E-state index contributed by atoms with van der Waals surface area (Å²) in [6, 6.07) is 8.38. The maximum atomic E-state index is 12.6. The van der Waals surface area contributed by atoms with E-state index in [1.54, 1.807) is 27.7 Å². The number of nitrogens with one attached hydrogen (secondary N) is 2. The first-order chi connectivity index (χ1) is 13.8. The molecule has 1 amide bonds. The average molecular weight is 398 g/mol. The summed E-state index contributed by atoms with van der Waals surface area (Å²) in [5.41, 5.74) is 4.45. The van der Waals surface area contributed by atoms with E-state index in [1.807, 2.05) is 0 Å². The van der Waals surface area contributed by atoms with Crippen LogP contribution < -0.4 is 5.32 Å². The second-order valence-electron chi connectivity index (χ2n) is 8.06. The Balaban J connectivity index is 1.60. The number of H-pyrrole nitrogens is 1. The molecule has 0 spiro atoms. The highest BCUT2D eigenvalue weighted by molar-refractivity contribution is 6.00. The van der Waals surface area contributed by atoms with Crippen molar-refractivity contribution in [1.82, 2.24) is 15.2 Å². The van der Waals surface area contributed by atoms with Crippen molar-refractivity contribution in [3.05, 3.63) is 57.9 Å². The van der Waals surface area contributed by atoms with Gasteiger partial charge in [0.25, 0.3) is 5.91 Å². The van der Waals surface area contributed by atoms with Crippen LogP contribution in [0.4, 0.5) is 0 Å². The lowest BCUT2D eigenvalue weighted by Gasteiger charge is -2.14. The zero-order chi connectivity index (χ0) is 21.0. The predicted molar refractivity (Wildman–Crippen MR) is 113 cm³/mol. The van der Waals surface area contributed by atoms with E-state index in [-0.39, 0.29) is 12.0 Å². The highest BCUT2D eigenvalue weighted by atomic mass is 16.5. The van der Waals surface area contributed by atoms with Gasteiger partial charge in [-0.05, 0) is 70.3 Å². The van der Waals surface area contributed by atoms with Crippen LogP contribution in [-0.4, -0.2) is 41.0 Å². The summed E-state index contributed by atoms with van der Waals surface area (Å²) in [5, 5.41) is 2.94. The number of hydrogen-bond acceptors (Lipinski definition) is 4. The lowest BCUT2D eigenvalue weighted by molar-refractivity contribution is 0.0376. The Labute approximate surface area is 172 Å². The van der Waals surface area contributed by atoms with Crippen LogP contribution in [0.2, 0.25) is 0 Å². The predicted octanol–water partition coefficient (Wildman–Crippen LogP) is 3.72. The minimum Gasteiger partial charge on any atom is -0.459 e. The van der Waals surface area contributed by atoms with Crippen LogP contribution in [0.15, 0.2) is 24.3 Å². The maximum absolute atomic E-state index is 12.6. The third-order valence-corrected chi connectivity index (χ3v) is 5.29. The van der Waals surface area contributed by atoms with E-state index in [1.165, 1.54) is 31.5 Å². The first-order valence-corrected chi connectivity index (χ1v) is 10.3. The molecule has 0 radical (unpaired) electrons. The molecule has 1 aliphatic heterocycles. The molecule has 6 nitrogen and oxygen atoms in total. The van der Waals surface area contributed by atoms with Crippen molar-refractivity contribution in [3.63, 3.8) is 0 Å². The largest absolute Gasteiger partial charge is 0.459 e. The van der Waals surface area contributed by atoms with Crippen molar-refractivity contribution >= 4 is 11.9 Å². The summed E-state index contributed by atoms with van der Waals surface area (Å²) < 4.78 is 5.28. The number of aromatic nitrogens is 1. The Morgan fingerprint density at radius 2 is 1.72 bits per heavy atom. The second kappa shape index (κ2) is 9.27. The molecule has 0 atom stereocenters. The van der Waals surface area contributed by atoms with Crippen molar-refractivity contribution in [2.45, 2.75) is 59.7 Å². The van der Waals surface area contributed by atoms with E-state index >= 15 is 0 Å². The van der Waals surface area contributed by atoms with Gasteiger partial charge in [-0.15, -0.1) is 0 Å². The Kier molecular flexibility index (Phi) is 6.75. The molecule has 0 aliphatic carbocycles. The zero-order valence-electron chi connectivity index (χ0n) is 17.8. The van der Waals surface area contributed by atoms with Crippen LogP contribution in [0.5, 0.6) is 0 Å². The first kappa shape index (κ1) is 21.1. The molecule has 1 aromatic heterocycles. The fourth-order valence-corrected chi connectivity index (χ4v) is 3.79. The number of esters is 1. The summed E-state index contributed by atoms with van der Waals surface area (Å²) in [6.45, 7) is 10.9. The van der Waals surface area contributed by atoms with Crippen LogP contribution in [0.3, 0.4) is 0 Å². The number of likely N-dealkylation sites (tertiary alicyclic amines) is 1. The molecular weight excluding hydrogens is 366 g/mol. The lowest BCUT2D eigenvalue weighted by atomic mass is 10.1. The van der Waals surface area contributed by atoms with Gasteiger partial charge in [0, 0.05) is 18.8 Å². The third kappa shape index (κ3) is 5.26.